The normalized spacial score (nSPS) is 10.2. The average molecular weight is 263 g/mol. The summed E-state index contributed by atoms with van der Waals surface area (Å²) in [7, 11) is 0. The third kappa shape index (κ3) is 3.82. The minimum atomic E-state index is -0.0320. The Bertz CT molecular complexity index is 637. The highest BCUT2D eigenvalue weighted by atomic mass is 16.5. The van der Waals surface area contributed by atoms with E-state index in [9.17, 15) is 4.79 Å². The molecule has 98 valence electrons. The number of ketones is 1. The molecule has 0 aromatic heterocycles. The predicted molar refractivity (Wildman–Crippen MR) is 77.4 cm³/mol. The van der Waals surface area contributed by atoms with Crippen LogP contribution < -0.4 is 4.74 Å². The van der Waals surface area contributed by atoms with Gasteiger partial charge < -0.3 is 4.74 Å². The fraction of sp³-hybridized carbons (Fsp3) is 0.0588. The second-order valence-corrected chi connectivity index (χ2v) is 4.08. The van der Waals surface area contributed by atoms with E-state index in [0.717, 1.165) is 5.56 Å². The molecule has 3 nitrogen and oxygen atoms in total. The Hall–Kier alpha value is -2.86. The number of nitriles is 1. The first-order chi connectivity index (χ1) is 9.79. The summed E-state index contributed by atoms with van der Waals surface area (Å²) in [5.74, 6) is 0.605. The molecule has 0 fully saturated rings. The first-order valence-corrected chi connectivity index (χ1v) is 6.17. The summed E-state index contributed by atoms with van der Waals surface area (Å²) in [6, 6.07) is 18.2. The molecule has 2 aromatic rings. The number of ether oxygens (including phenoxy) is 1. The van der Waals surface area contributed by atoms with Gasteiger partial charge in [-0.15, -0.1) is 0 Å². The van der Waals surface area contributed by atoms with E-state index >= 15 is 0 Å². The predicted octanol–water partition coefficient (Wildman–Crippen LogP) is 3.49. The summed E-state index contributed by atoms with van der Waals surface area (Å²) in [5.41, 5.74) is 1.57. The zero-order valence-corrected chi connectivity index (χ0v) is 10.8. The molecule has 0 saturated heterocycles. The van der Waals surface area contributed by atoms with Crippen LogP contribution >= 0.6 is 0 Å². The lowest BCUT2D eigenvalue weighted by atomic mass is 10.1. The zero-order valence-electron chi connectivity index (χ0n) is 10.8. The Labute approximate surface area is 117 Å². The Morgan fingerprint density at radius 3 is 2.45 bits per heavy atom. The molecule has 0 bridgehead atoms. The molecule has 0 radical (unpaired) electrons. The van der Waals surface area contributed by atoms with Crippen molar-refractivity contribution in [3.63, 3.8) is 0 Å². The molecule has 0 spiro atoms. The van der Waals surface area contributed by atoms with Crippen LogP contribution in [0.5, 0.6) is 5.75 Å². The van der Waals surface area contributed by atoms with Crippen molar-refractivity contribution in [1.82, 2.24) is 0 Å². The van der Waals surface area contributed by atoms with Crippen LogP contribution in [0.2, 0.25) is 0 Å². The SMILES string of the molecule is N#CCOc1ccc(/C=C/C(=O)c2ccccc2)cc1. The fourth-order valence-corrected chi connectivity index (χ4v) is 1.66. The van der Waals surface area contributed by atoms with Crippen LogP contribution in [-0.4, -0.2) is 12.4 Å². The van der Waals surface area contributed by atoms with Crippen LogP contribution in [0.15, 0.2) is 60.7 Å². The Morgan fingerprint density at radius 2 is 1.80 bits per heavy atom. The van der Waals surface area contributed by atoms with Crippen LogP contribution in [0.3, 0.4) is 0 Å². The summed E-state index contributed by atoms with van der Waals surface area (Å²) in [5, 5.41) is 8.41. The number of allylic oxidation sites excluding steroid dienone is 1. The van der Waals surface area contributed by atoms with Gasteiger partial charge in [0.05, 0.1) is 0 Å². The molecule has 0 heterocycles. The van der Waals surface area contributed by atoms with Gasteiger partial charge in [-0.25, -0.2) is 0 Å². The van der Waals surface area contributed by atoms with E-state index in [1.165, 1.54) is 0 Å². The molecule has 0 amide bonds. The molecule has 0 N–H and O–H groups in total. The monoisotopic (exact) mass is 263 g/mol. The van der Waals surface area contributed by atoms with Crippen molar-refractivity contribution in [1.29, 1.82) is 5.26 Å². The Balaban J connectivity index is 2.01. The largest absolute Gasteiger partial charge is 0.479 e. The van der Waals surface area contributed by atoms with Gasteiger partial charge in [-0.2, -0.15) is 5.26 Å². The van der Waals surface area contributed by atoms with Gasteiger partial charge in [0.1, 0.15) is 11.8 Å². The summed E-state index contributed by atoms with van der Waals surface area (Å²) in [6.07, 6.45) is 3.30. The van der Waals surface area contributed by atoms with Crippen molar-refractivity contribution in [3.05, 3.63) is 71.8 Å². The van der Waals surface area contributed by atoms with Crippen molar-refractivity contribution in [2.24, 2.45) is 0 Å². The lowest BCUT2D eigenvalue weighted by molar-refractivity contribution is 0.104. The van der Waals surface area contributed by atoms with E-state index in [0.29, 0.717) is 11.3 Å². The summed E-state index contributed by atoms with van der Waals surface area (Å²) < 4.78 is 5.15. The fourth-order valence-electron chi connectivity index (χ4n) is 1.66. The second kappa shape index (κ2) is 6.91. The molecule has 0 aliphatic rings. The van der Waals surface area contributed by atoms with E-state index in [1.54, 1.807) is 36.4 Å². The first-order valence-electron chi connectivity index (χ1n) is 6.17. The topological polar surface area (TPSA) is 50.1 Å². The first kappa shape index (κ1) is 13.6. The van der Waals surface area contributed by atoms with Crippen LogP contribution in [0.4, 0.5) is 0 Å². The van der Waals surface area contributed by atoms with Crippen molar-refractivity contribution in [3.8, 4) is 11.8 Å². The maximum Gasteiger partial charge on any atom is 0.185 e. The quantitative estimate of drug-likeness (QED) is 0.613. The summed E-state index contributed by atoms with van der Waals surface area (Å²) >= 11 is 0. The number of hydrogen-bond donors (Lipinski definition) is 0. The minimum Gasteiger partial charge on any atom is -0.479 e. The van der Waals surface area contributed by atoms with Gasteiger partial charge in [0, 0.05) is 5.56 Å². The number of rotatable bonds is 5. The van der Waals surface area contributed by atoms with Crippen LogP contribution in [-0.2, 0) is 0 Å². The molecule has 2 rings (SSSR count). The van der Waals surface area contributed by atoms with E-state index < -0.39 is 0 Å². The van der Waals surface area contributed by atoms with Gasteiger partial charge in [0.15, 0.2) is 12.4 Å². The molecule has 0 atom stereocenters. The third-order valence-electron chi connectivity index (χ3n) is 2.67. The van der Waals surface area contributed by atoms with Crippen molar-refractivity contribution in [2.75, 3.05) is 6.61 Å². The number of nitrogens with zero attached hydrogens (tertiary/aromatic N) is 1. The molecule has 3 heteroatoms. The van der Waals surface area contributed by atoms with E-state index in [2.05, 4.69) is 0 Å². The van der Waals surface area contributed by atoms with E-state index in [1.807, 2.05) is 36.4 Å². The standard InChI is InChI=1S/C17H13NO2/c18-12-13-20-16-9-6-14(7-10-16)8-11-17(19)15-4-2-1-3-5-15/h1-11H,13H2/b11-8+. The zero-order chi connectivity index (χ0) is 14.2. The Kier molecular flexibility index (Phi) is 4.69. The number of hydrogen-bond acceptors (Lipinski definition) is 3. The molecule has 2 aromatic carbocycles. The number of benzene rings is 2. The van der Waals surface area contributed by atoms with Crippen molar-refractivity contribution < 1.29 is 9.53 Å². The van der Waals surface area contributed by atoms with Gasteiger partial charge in [-0.3, -0.25) is 4.79 Å². The maximum atomic E-state index is 11.9. The second-order valence-electron chi connectivity index (χ2n) is 4.08. The smallest absolute Gasteiger partial charge is 0.185 e. The molecule has 0 saturated carbocycles. The summed E-state index contributed by atoms with van der Waals surface area (Å²) in [6.45, 7) is 0.0294. The van der Waals surface area contributed by atoms with Gasteiger partial charge >= 0.3 is 0 Å². The van der Waals surface area contributed by atoms with Gasteiger partial charge in [-0.1, -0.05) is 48.5 Å². The lowest BCUT2D eigenvalue weighted by Crippen LogP contribution is -1.93. The van der Waals surface area contributed by atoms with Crippen LogP contribution in [0, 0.1) is 11.3 Å². The lowest BCUT2D eigenvalue weighted by Gasteiger charge is -2.01. The third-order valence-corrected chi connectivity index (χ3v) is 2.67. The van der Waals surface area contributed by atoms with Gasteiger partial charge in [-0.05, 0) is 23.8 Å². The molecule has 0 unspecified atom stereocenters. The minimum absolute atomic E-state index is 0.0294. The molecule has 0 aliphatic carbocycles. The van der Waals surface area contributed by atoms with Crippen molar-refractivity contribution in [2.45, 2.75) is 0 Å². The molecule has 0 aliphatic heterocycles. The highest BCUT2D eigenvalue weighted by Gasteiger charge is 1.99. The van der Waals surface area contributed by atoms with Gasteiger partial charge in [0.25, 0.3) is 0 Å². The van der Waals surface area contributed by atoms with Gasteiger partial charge in [0.2, 0.25) is 0 Å². The van der Waals surface area contributed by atoms with Crippen molar-refractivity contribution >= 4 is 11.9 Å². The highest BCUT2D eigenvalue weighted by Crippen LogP contribution is 2.13. The van der Waals surface area contributed by atoms with Crippen LogP contribution in [0.1, 0.15) is 15.9 Å². The molecular formula is C17H13NO2. The molecular weight excluding hydrogens is 250 g/mol. The molecule has 20 heavy (non-hydrogen) atoms. The highest BCUT2D eigenvalue weighted by molar-refractivity contribution is 6.06. The maximum absolute atomic E-state index is 11.9. The average Bonchev–Trinajstić information content (AvgIpc) is 2.52. The van der Waals surface area contributed by atoms with E-state index in [4.69, 9.17) is 10.00 Å². The summed E-state index contributed by atoms with van der Waals surface area (Å²) in [4.78, 5) is 11.9. The Morgan fingerprint density at radius 1 is 1.10 bits per heavy atom. The van der Waals surface area contributed by atoms with Crippen LogP contribution in [0.25, 0.3) is 6.08 Å². The van der Waals surface area contributed by atoms with E-state index in [-0.39, 0.29) is 12.4 Å². The number of carbonyl (C=O) groups is 1. The number of carbonyl (C=O) groups excluding carboxylic acids is 1.